The molecule has 0 saturated carbocycles. The fourth-order valence-electron chi connectivity index (χ4n) is 3.18. The molecule has 0 fully saturated rings. The van der Waals surface area contributed by atoms with E-state index in [9.17, 15) is 31.1 Å². The average molecular weight is 384 g/mol. The Morgan fingerprint density at radius 2 is 1.22 bits per heavy atom. The van der Waals surface area contributed by atoms with E-state index in [0.717, 1.165) is 24.3 Å². The summed E-state index contributed by atoms with van der Waals surface area (Å²) in [6.45, 7) is 0. The summed E-state index contributed by atoms with van der Waals surface area (Å²) in [7, 11) is 0. The molecule has 1 unspecified atom stereocenters. The molecule has 0 radical (unpaired) electrons. The van der Waals surface area contributed by atoms with Gasteiger partial charge >= 0.3 is 12.4 Å². The van der Waals surface area contributed by atoms with Gasteiger partial charge in [0.25, 0.3) is 0 Å². The number of hydrogen-bond acceptors (Lipinski definition) is 1. The van der Waals surface area contributed by atoms with Gasteiger partial charge in [0, 0.05) is 12.3 Å². The van der Waals surface area contributed by atoms with Gasteiger partial charge in [-0.25, -0.2) is 0 Å². The van der Waals surface area contributed by atoms with Crippen molar-refractivity contribution in [3.8, 4) is 0 Å². The van der Waals surface area contributed by atoms with E-state index in [1.54, 1.807) is 0 Å². The van der Waals surface area contributed by atoms with E-state index in [1.807, 2.05) is 0 Å². The van der Waals surface area contributed by atoms with E-state index >= 15 is 0 Å². The highest BCUT2D eigenvalue weighted by Gasteiger charge is 2.32. The minimum absolute atomic E-state index is 0.159. The van der Waals surface area contributed by atoms with Gasteiger partial charge in [-0.1, -0.05) is 24.3 Å². The fraction of sp³-hybridized carbons (Fsp3) is 0.250. The van der Waals surface area contributed by atoms with Gasteiger partial charge in [-0.15, -0.1) is 0 Å². The van der Waals surface area contributed by atoms with Crippen LogP contribution in [-0.2, 0) is 17.1 Å². The molecule has 27 heavy (non-hydrogen) atoms. The lowest BCUT2D eigenvalue weighted by Crippen LogP contribution is -2.13. The Kier molecular flexibility index (Phi) is 4.88. The maximum Gasteiger partial charge on any atom is 0.416 e. The van der Waals surface area contributed by atoms with Crippen molar-refractivity contribution in [2.45, 2.75) is 31.1 Å². The maximum atomic E-state index is 12.7. The number of carbonyl (C=O) groups is 1. The van der Waals surface area contributed by atoms with Crippen LogP contribution in [0.2, 0.25) is 0 Å². The molecular formula is C20H14F6O. The van der Waals surface area contributed by atoms with Gasteiger partial charge in [0.05, 0.1) is 11.1 Å². The molecule has 0 saturated heterocycles. The van der Waals surface area contributed by atoms with Crippen molar-refractivity contribution in [3.05, 3.63) is 76.9 Å². The third-order valence-electron chi connectivity index (χ3n) is 4.56. The summed E-state index contributed by atoms with van der Waals surface area (Å²) in [6.07, 6.45) is -6.93. The van der Waals surface area contributed by atoms with E-state index in [2.05, 4.69) is 0 Å². The summed E-state index contributed by atoms with van der Waals surface area (Å²) in [5, 5.41) is 0. The fourth-order valence-corrected chi connectivity index (χ4v) is 3.18. The van der Waals surface area contributed by atoms with Crippen LogP contribution in [-0.4, -0.2) is 5.78 Å². The normalized spacial score (nSPS) is 18.4. The Balaban J connectivity index is 1.95. The highest BCUT2D eigenvalue weighted by atomic mass is 19.4. The average Bonchev–Trinajstić information content (AvgIpc) is 2.60. The molecule has 2 aromatic rings. The van der Waals surface area contributed by atoms with E-state index in [1.165, 1.54) is 30.3 Å². The number of rotatable bonds is 2. The van der Waals surface area contributed by atoms with Crippen LogP contribution in [0.15, 0.2) is 54.6 Å². The molecular weight excluding hydrogens is 370 g/mol. The third kappa shape index (κ3) is 4.23. The molecule has 7 heteroatoms. The van der Waals surface area contributed by atoms with Gasteiger partial charge in [-0.05, 0) is 53.5 Å². The summed E-state index contributed by atoms with van der Waals surface area (Å²) in [5.41, 5.74) is -0.0411. The molecule has 1 aliphatic carbocycles. The molecule has 0 spiro atoms. The minimum atomic E-state index is -4.47. The number of benzene rings is 2. The van der Waals surface area contributed by atoms with Crippen molar-refractivity contribution in [2.24, 2.45) is 0 Å². The van der Waals surface area contributed by atoms with E-state index in [4.69, 9.17) is 0 Å². The Bertz CT molecular complexity index is 857. The summed E-state index contributed by atoms with van der Waals surface area (Å²) in [5.74, 6) is -0.519. The molecule has 0 heterocycles. The lowest BCUT2D eigenvalue weighted by Gasteiger charge is -2.25. The molecule has 142 valence electrons. The largest absolute Gasteiger partial charge is 0.416 e. The first-order valence-corrected chi connectivity index (χ1v) is 8.15. The predicted molar refractivity (Wildman–Crippen MR) is 87.8 cm³/mol. The number of alkyl halides is 6. The molecule has 0 N–H and O–H groups in total. The van der Waals surface area contributed by atoms with Gasteiger partial charge in [0.2, 0.25) is 0 Å². The number of ketones is 1. The molecule has 0 bridgehead atoms. The molecule has 1 atom stereocenters. The summed E-state index contributed by atoms with van der Waals surface area (Å²) in [4.78, 5) is 11.8. The molecule has 1 aliphatic rings. The van der Waals surface area contributed by atoms with Crippen molar-refractivity contribution in [1.29, 1.82) is 0 Å². The lowest BCUT2D eigenvalue weighted by atomic mass is 9.79. The predicted octanol–water partition coefficient (Wildman–Crippen LogP) is 6.25. The first-order chi connectivity index (χ1) is 12.6. The van der Waals surface area contributed by atoms with Crippen LogP contribution < -0.4 is 0 Å². The van der Waals surface area contributed by atoms with Crippen molar-refractivity contribution in [2.75, 3.05) is 0 Å². The van der Waals surface area contributed by atoms with Gasteiger partial charge in [-0.2, -0.15) is 26.3 Å². The quantitative estimate of drug-likeness (QED) is 0.559. The van der Waals surface area contributed by atoms with E-state index in [0.29, 0.717) is 23.1 Å². The third-order valence-corrected chi connectivity index (χ3v) is 4.56. The van der Waals surface area contributed by atoms with E-state index < -0.39 is 23.5 Å². The van der Waals surface area contributed by atoms with Crippen molar-refractivity contribution in [3.63, 3.8) is 0 Å². The second-order valence-corrected chi connectivity index (χ2v) is 6.35. The molecule has 2 aromatic carbocycles. The molecule has 3 rings (SSSR count). The number of allylic oxidation sites excluding steroid dienone is 2. The van der Waals surface area contributed by atoms with Gasteiger partial charge in [0.15, 0.2) is 5.78 Å². The van der Waals surface area contributed by atoms with Crippen molar-refractivity contribution < 1.29 is 31.1 Å². The zero-order chi connectivity index (χ0) is 19.8. The van der Waals surface area contributed by atoms with Crippen LogP contribution in [0.3, 0.4) is 0 Å². The number of carbonyl (C=O) groups excluding carboxylic acids is 1. The highest BCUT2D eigenvalue weighted by molar-refractivity contribution is 6.00. The summed E-state index contributed by atoms with van der Waals surface area (Å²) < 4.78 is 76.4. The van der Waals surface area contributed by atoms with Crippen molar-refractivity contribution in [1.82, 2.24) is 0 Å². The number of halogens is 6. The summed E-state index contributed by atoms with van der Waals surface area (Å²) >= 11 is 0. The van der Waals surface area contributed by atoms with Crippen LogP contribution in [0.25, 0.3) is 5.57 Å². The Labute approximate surface area is 151 Å². The van der Waals surface area contributed by atoms with E-state index in [-0.39, 0.29) is 18.1 Å². The second-order valence-electron chi connectivity index (χ2n) is 6.35. The SMILES string of the molecule is O=C1C=C(c2ccc(C(F)(F)F)cc2)C(c2ccc(C(F)(F)F)cc2)CC1. The number of hydrogen-bond donors (Lipinski definition) is 0. The molecule has 0 aliphatic heterocycles. The van der Waals surface area contributed by atoms with Gasteiger partial charge < -0.3 is 0 Å². The Morgan fingerprint density at radius 3 is 1.70 bits per heavy atom. The molecule has 0 aromatic heterocycles. The zero-order valence-corrected chi connectivity index (χ0v) is 13.9. The maximum absolute atomic E-state index is 12.7. The topological polar surface area (TPSA) is 17.1 Å². The smallest absolute Gasteiger partial charge is 0.295 e. The first kappa shape index (κ1) is 19.2. The van der Waals surface area contributed by atoms with Crippen LogP contribution in [0.5, 0.6) is 0 Å². The van der Waals surface area contributed by atoms with Crippen LogP contribution in [0, 0.1) is 0 Å². The molecule has 1 nitrogen and oxygen atoms in total. The first-order valence-electron chi connectivity index (χ1n) is 8.15. The highest BCUT2D eigenvalue weighted by Crippen LogP contribution is 2.41. The van der Waals surface area contributed by atoms with Gasteiger partial charge in [0.1, 0.15) is 0 Å². The van der Waals surface area contributed by atoms with Crippen LogP contribution >= 0.6 is 0 Å². The van der Waals surface area contributed by atoms with Crippen molar-refractivity contribution >= 4 is 11.4 Å². The molecule has 0 amide bonds. The lowest BCUT2D eigenvalue weighted by molar-refractivity contribution is -0.138. The Hall–Kier alpha value is -2.57. The summed E-state index contributed by atoms with van der Waals surface area (Å²) in [6, 6.07) is 9.06. The standard InChI is InChI=1S/C20H14F6O/c21-19(22,23)14-5-1-12(2-6-14)17-10-9-16(27)11-18(17)13-3-7-15(8-4-13)20(24,25)26/h1-8,11,17H,9-10H2. The van der Waals surface area contributed by atoms with Crippen LogP contribution in [0.4, 0.5) is 26.3 Å². The Morgan fingerprint density at radius 1 is 0.741 bits per heavy atom. The second kappa shape index (κ2) is 6.87. The minimum Gasteiger partial charge on any atom is -0.295 e. The zero-order valence-electron chi connectivity index (χ0n) is 13.9. The van der Waals surface area contributed by atoms with Crippen LogP contribution in [0.1, 0.15) is 41.0 Å². The monoisotopic (exact) mass is 384 g/mol. The van der Waals surface area contributed by atoms with Gasteiger partial charge in [-0.3, -0.25) is 4.79 Å².